The second kappa shape index (κ2) is 6.25. The lowest BCUT2D eigenvalue weighted by Gasteiger charge is -1.97. The summed E-state index contributed by atoms with van der Waals surface area (Å²) < 4.78 is 0.840. The van der Waals surface area contributed by atoms with Gasteiger partial charge in [-0.05, 0) is 35.9 Å². The molecular weight excluding hydrogens is 322 g/mol. The number of allylic oxidation sites excluding steroid dienone is 1. The van der Waals surface area contributed by atoms with Crippen LogP contribution in [0.4, 0.5) is 5.69 Å². The van der Waals surface area contributed by atoms with Gasteiger partial charge in [0.25, 0.3) is 5.69 Å². The fraction of sp³-hybridized carbons (Fsp3) is 0. The Morgan fingerprint density at radius 3 is 2.45 bits per heavy atom. The largest absolute Gasteiger partial charge is 0.289 e. The number of non-ortho nitro benzene ring substituents is 1. The summed E-state index contributed by atoms with van der Waals surface area (Å²) in [6.45, 7) is 0. The van der Waals surface area contributed by atoms with Crippen LogP contribution in [0, 0.1) is 10.1 Å². The van der Waals surface area contributed by atoms with Gasteiger partial charge < -0.3 is 0 Å². The van der Waals surface area contributed by atoms with Crippen molar-refractivity contribution in [3.63, 3.8) is 0 Å². The summed E-state index contributed by atoms with van der Waals surface area (Å²) in [6, 6.07) is 13.1. The molecule has 2 aromatic rings. The van der Waals surface area contributed by atoms with E-state index in [1.807, 2.05) is 6.07 Å². The molecule has 4 nitrogen and oxygen atoms in total. The first-order chi connectivity index (χ1) is 9.56. The highest BCUT2D eigenvalue weighted by molar-refractivity contribution is 9.10. The summed E-state index contributed by atoms with van der Waals surface area (Å²) in [5, 5.41) is 10.5. The fourth-order valence-corrected chi connectivity index (χ4v) is 2.02. The topological polar surface area (TPSA) is 60.2 Å². The van der Waals surface area contributed by atoms with Crippen molar-refractivity contribution >= 4 is 33.5 Å². The van der Waals surface area contributed by atoms with Crippen LogP contribution in [0.5, 0.6) is 0 Å². The maximum absolute atomic E-state index is 11.9. The maximum Gasteiger partial charge on any atom is 0.269 e. The van der Waals surface area contributed by atoms with Crippen molar-refractivity contribution in [2.24, 2.45) is 0 Å². The molecule has 0 spiro atoms. The molecule has 0 fully saturated rings. The van der Waals surface area contributed by atoms with Crippen molar-refractivity contribution in [1.29, 1.82) is 0 Å². The highest BCUT2D eigenvalue weighted by Gasteiger charge is 2.04. The van der Waals surface area contributed by atoms with Crippen LogP contribution in [0.15, 0.2) is 59.1 Å². The Hall–Kier alpha value is -2.27. The summed E-state index contributed by atoms with van der Waals surface area (Å²) in [7, 11) is 0. The molecule has 20 heavy (non-hydrogen) atoms. The van der Waals surface area contributed by atoms with Gasteiger partial charge >= 0.3 is 0 Å². The zero-order valence-electron chi connectivity index (χ0n) is 10.3. The summed E-state index contributed by atoms with van der Waals surface area (Å²) in [5.41, 5.74) is 1.34. The predicted molar refractivity (Wildman–Crippen MR) is 80.6 cm³/mol. The Morgan fingerprint density at radius 1 is 1.15 bits per heavy atom. The van der Waals surface area contributed by atoms with Crippen LogP contribution < -0.4 is 0 Å². The lowest BCUT2D eigenvalue weighted by molar-refractivity contribution is -0.384. The van der Waals surface area contributed by atoms with E-state index in [4.69, 9.17) is 0 Å². The van der Waals surface area contributed by atoms with Crippen molar-refractivity contribution in [3.8, 4) is 0 Å². The van der Waals surface area contributed by atoms with E-state index in [0.717, 1.165) is 10.0 Å². The van der Waals surface area contributed by atoms with Crippen molar-refractivity contribution in [2.75, 3.05) is 0 Å². The van der Waals surface area contributed by atoms with Crippen LogP contribution in [-0.4, -0.2) is 10.7 Å². The number of rotatable bonds is 4. The molecule has 0 radical (unpaired) electrons. The van der Waals surface area contributed by atoms with E-state index in [1.54, 1.807) is 36.4 Å². The van der Waals surface area contributed by atoms with Gasteiger partial charge in [-0.2, -0.15) is 0 Å². The quantitative estimate of drug-likeness (QED) is 0.364. The summed E-state index contributed by atoms with van der Waals surface area (Å²) in [5.74, 6) is -0.121. The van der Waals surface area contributed by atoms with E-state index >= 15 is 0 Å². The Bertz CT molecular complexity index is 678. The molecule has 0 heterocycles. The molecule has 100 valence electrons. The number of nitro groups is 1. The van der Waals surface area contributed by atoms with Gasteiger partial charge in [-0.15, -0.1) is 0 Å². The second-order valence-corrected chi connectivity index (χ2v) is 4.97. The number of benzene rings is 2. The summed E-state index contributed by atoms with van der Waals surface area (Å²) >= 11 is 3.31. The molecule has 0 amide bonds. The highest BCUT2D eigenvalue weighted by atomic mass is 79.9. The minimum atomic E-state index is -0.458. The first kappa shape index (κ1) is 14.1. The van der Waals surface area contributed by atoms with Crippen molar-refractivity contribution in [1.82, 2.24) is 0 Å². The van der Waals surface area contributed by atoms with Gasteiger partial charge in [0.05, 0.1) is 4.92 Å². The number of hydrogen-bond donors (Lipinski definition) is 0. The van der Waals surface area contributed by atoms with Gasteiger partial charge in [0.15, 0.2) is 5.78 Å². The van der Waals surface area contributed by atoms with E-state index in [2.05, 4.69) is 15.9 Å². The van der Waals surface area contributed by atoms with Crippen molar-refractivity contribution < 1.29 is 9.72 Å². The number of nitrogens with zero attached hydrogens (tertiary/aromatic N) is 1. The Labute approximate surface area is 124 Å². The van der Waals surface area contributed by atoms with Crippen LogP contribution in [-0.2, 0) is 0 Å². The lowest BCUT2D eigenvalue weighted by atomic mass is 10.1. The molecule has 2 rings (SSSR count). The molecule has 0 saturated heterocycles. The standard InChI is InChI=1S/C15H10BrNO3/c16-13-3-1-2-12(10-13)15(18)9-6-11-4-7-14(8-5-11)17(19)20/h1-10H/b9-6+. The molecular formula is C15H10BrNO3. The zero-order chi connectivity index (χ0) is 14.5. The minimum absolute atomic E-state index is 0.0282. The first-order valence-electron chi connectivity index (χ1n) is 5.79. The number of halogens is 1. The molecule has 5 heteroatoms. The smallest absolute Gasteiger partial charge is 0.269 e. The fourth-order valence-electron chi connectivity index (χ4n) is 1.62. The molecule has 0 aliphatic heterocycles. The third-order valence-corrected chi connectivity index (χ3v) is 3.13. The van der Waals surface area contributed by atoms with E-state index in [1.165, 1.54) is 18.2 Å². The van der Waals surface area contributed by atoms with Gasteiger partial charge in [-0.1, -0.05) is 34.1 Å². The second-order valence-electron chi connectivity index (χ2n) is 4.06. The van der Waals surface area contributed by atoms with Gasteiger partial charge in [-0.3, -0.25) is 14.9 Å². The van der Waals surface area contributed by atoms with Crippen LogP contribution in [0.1, 0.15) is 15.9 Å². The van der Waals surface area contributed by atoms with Gasteiger partial charge in [-0.25, -0.2) is 0 Å². The molecule has 0 unspecified atom stereocenters. The van der Waals surface area contributed by atoms with Gasteiger partial charge in [0, 0.05) is 22.2 Å². The minimum Gasteiger partial charge on any atom is -0.289 e. The highest BCUT2D eigenvalue weighted by Crippen LogP contribution is 2.15. The van der Waals surface area contributed by atoms with Crippen LogP contribution in [0.2, 0.25) is 0 Å². The third kappa shape index (κ3) is 3.61. The molecule has 0 aliphatic rings. The summed E-state index contributed by atoms with van der Waals surface area (Å²) in [4.78, 5) is 22.0. The Kier molecular flexibility index (Phi) is 4.42. The molecule has 0 N–H and O–H groups in total. The monoisotopic (exact) mass is 331 g/mol. The van der Waals surface area contributed by atoms with E-state index < -0.39 is 4.92 Å². The number of nitro benzene ring substituents is 1. The number of hydrogen-bond acceptors (Lipinski definition) is 3. The number of carbonyl (C=O) groups is 1. The molecule has 0 bridgehead atoms. The normalized spacial score (nSPS) is 10.7. The van der Waals surface area contributed by atoms with Crippen LogP contribution in [0.25, 0.3) is 6.08 Å². The Morgan fingerprint density at radius 2 is 1.85 bits per heavy atom. The average molecular weight is 332 g/mol. The molecule has 0 aliphatic carbocycles. The number of carbonyl (C=O) groups excluding carboxylic acids is 1. The van der Waals surface area contributed by atoms with E-state index in [0.29, 0.717) is 5.56 Å². The summed E-state index contributed by atoms with van der Waals surface area (Å²) in [6.07, 6.45) is 3.08. The van der Waals surface area contributed by atoms with Crippen LogP contribution >= 0.6 is 15.9 Å². The molecule has 2 aromatic carbocycles. The van der Waals surface area contributed by atoms with Gasteiger partial charge in [0.1, 0.15) is 0 Å². The molecule has 0 atom stereocenters. The van der Waals surface area contributed by atoms with E-state index in [9.17, 15) is 14.9 Å². The Balaban J connectivity index is 2.13. The maximum atomic E-state index is 11.9. The van der Waals surface area contributed by atoms with Gasteiger partial charge in [0.2, 0.25) is 0 Å². The number of ketones is 1. The molecule has 0 aromatic heterocycles. The molecule has 0 saturated carbocycles. The lowest BCUT2D eigenvalue weighted by Crippen LogP contribution is -1.93. The SMILES string of the molecule is O=C(/C=C/c1ccc([N+](=O)[O-])cc1)c1cccc(Br)c1. The average Bonchev–Trinajstić information content (AvgIpc) is 2.45. The zero-order valence-corrected chi connectivity index (χ0v) is 11.9. The van der Waals surface area contributed by atoms with Crippen LogP contribution in [0.3, 0.4) is 0 Å². The van der Waals surface area contributed by atoms with E-state index in [-0.39, 0.29) is 11.5 Å². The van der Waals surface area contributed by atoms with Crippen molar-refractivity contribution in [3.05, 3.63) is 80.3 Å². The predicted octanol–water partition coefficient (Wildman–Crippen LogP) is 4.25. The third-order valence-electron chi connectivity index (χ3n) is 2.64. The first-order valence-corrected chi connectivity index (χ1v) is 6.58. The van der Waals surface area contributed by atoms with Crippen molar-refractivity contribution in [2.45, 2.75) is 0 Å².